The van der Waals surface area contributed by atoms with Crippen LogP contribution in [0, 0.1) is 0 Å². The number of nitrogens with one attached hydrogen (secondary N) is 1. The number of carboxylic acids is 1. The predicted octanol–water partition coefficient (Wildman–Crippen LogP) is 3.45. The van der Waals surface area contributed by atoms with Gasteiger partial charge in [-0.2, -0.15) is 0 Å². The van der Waals surface area contributed by atoms with Crippen molar-refractivity contribution in [2.24, 2.45) is 0 Å². The van der Waals surface area contributed by atoms with Crippen molar-refractivity contribution in [3.05, 3.63) is 65.2 Å². The van der Waals surface area contributed by atoms with Gasteiger partial charge in [0.2, 0.25) is 5.91 Å². The molecule has 0 atom stereocenters. The Morgan fingerprint density at radius 1 is 0.926 bits per heavy atom. The molecule has 1 amide bonds. The van der Waals surface area contributed by atoms with E-state index in [1.807, 2.05) is 6.92 Å². The van der Waals surface area contributed by atoms with Gasteiger partial charge in [0.05, 0.1) is 12.2 Å². The summed E-state index contributed by atoms with van der Waals surface area (Å²) < 4.78 is 5.47. The lowest BCUT2D eigenvalue weighted by Crippen LogP contribution is -2.23. The minimum atomic E-state index is -0.992. The molecule has 2 N–H and O–H groups in total. The highest BCUT2D eigenvalue weighted by Crippen LogP contribution is 2.14. The van der Waals surface area contributed by atoms with Crippen molar-refractivity contribution in [2.45, 2.75) is 32.7 Å². The monoisotopic (exact) mass is 369 g/mol. The van der Waals surface area contributed by atoms with Gasteiger partial charge in [-0.25, -0.2) is 4.79 Å². The lowest BCUT2D eigenvalue weighted by atomic mass is 10.1. The molecule has 6 nitrogen and oxygen atoms in total. The second-order valence-electron chi connectivity index (χ2n) is 6.07. The molecule has 0 saturated carbocycles. The molecule has 142 valence electrons. The first kappa shape index (κ1) is 20.2. The van der Waals surface area contributed by atoms with Crippen LogP contribution in [0.2, 0.25) is 0 Å². The van der Waals surface area contributed by atoms with Crippen molar-refractivity contribution < 1.29 is 24.2 Å². The Hall–Kier alpha value is -3.15. The molecule has 2 aromatic rings. The first-order valence-corrected chi connectivity index (χ1v) is 8.84. The highest BCUT2D eigenvalue weighted by molar-refractivity contribution is 5.98. The summed E-state index contributed by atoms with van der Waals surface area (Å²) in [6, 6.07) is 13.2. The van der Waals surface area contributed by atoms with Gasteiger partial charge in [0.15, 0.2) is 5.78 Å². The van der Waals surface area contributed by atoms with Gasteiger partial charge in [-0.3, -0.25) is 9.59 Å². The maximum atomic E-state index is 12.2. The van der Waals surface area contributed by atoms with Crippen LogP contribution in [0.4, 0.5) is 0 Å². The largest absolute Gasteiger partial charge is 0.494 e. The minimum absolute atomic E-state index is 0.0974. The number of rotatable bonds is 10. The average molecular weight is 369 g/mol. The summed E-state index contributed by atoms with van der Waals surface area (Å²) in [7, 11) is 0. The summed E-state index contributed by atoms with van der Waals surface area (Å²) in [5, 5.41) is 11.6. The lowest BCUT2D eigenvalue weighted by Gasteiger charge is -2.07. The Labute approximate surface area is 158 Å². The van der Waals surface area contributed by atoms with E-state index in [9.17, 15) is 14.4 Å². The van der Waals surface area contributed by atoms with Crippen LogP contribution in [0.25, 0.3) is 0 Å². The Morgan fingerprint density at radius 3 is 2.15 bits per heavy atom. The fraction of sp³-hybridized carbons (Fsp3) is 0.286. The van der Waals surface area contributed by atoms with Crippen LogP contribution in [0.1, 0.15) is 52.5 Å². The summed E-state index contributed by atoms with van der Waals surface area (Å²) in [6.07, 6.45) is 1.14. The molecule has 6 heteroatoms. The first-order valence-electron chi connectivity index (χ1n) is 8.84. The quantitative estimate of drug-likeness (QED) is 0.626. The van der Waals surface area contributed by atoms with Crippen molar-refractivity contribution in [3.63, 3.8) is 0 Å². The van der Waals surface area contributed by atoms with Crippen molar-refractivity contribution in [3.8, 4) is 5.75 Å². The Balaban J connectivity index is 1.75. The fourth-order valence-corrected chi connectivity index (χ4v) is 2.38. The van der Waals surface area contributed by atoms with Gasteiger partial charge >= 0.3 is 5.97 Å². The predicted molar refractivity (Wildman–Crippen MR) is 101 cm³/mol. The molecule has 0 spiro atoms. The molecule has 0 aromatic heterocycles. The van der Waals surface area contributed by atoms with Gasteiger partial charge in [-0.15, -0.1) is 0 Å². The molecule has 0 aliphatic heterocycles. The molecular weight excluding hydrogens is 346 g/mol. The van der Waals surface area contributed by atoms with Crippen LogP contribution in [-0.4, -0.2) is 29.4 Å². The van der Waals surface area contributed by atoms with E-state index in [-0.39, 0.29) is 36.6 Å². The second kappa shape index (κ2) is 10.1. The van der Waals surface area contributed by atoms with Crippen LogP contribution >= 0.6 is 0 Å². The first-order chi connectivity index (χ1) is 13.0. The maximum Gasteiger partial charge on any atom is 0.335 e. The topological polar surface area (TPSA) is 92.7 Å². The third-order valence-electron chi connectivity index (χ3n) is 3.92. The van der Waals surface area contributed by atoms with E-state index in [0.717, 1.165) is 17.7 Å². The molecule has 2 aromatic carbocycles. The molecule has 0 fully saturated rings. The number of Topliss-reactive ketones (excluding diaryl/α,β-unsaturated/α-hetero) is 1. The molecule has 0 bridgehead atoms. The molecule has 0 unspecified atom stereocenters. The van der Waals surface area contributed by atoms with Gasteiger partial charge in [0.25, 0.3) is 0 Å². The lowest BCUT2D eigenvalue weighted by molar-refractivity contribution is -0.121. The highest BCUT2D eigenvalue weighted by Gasteiger charge is 2.10. The molecule has 0 radical (unpaired) electrons. The van der Waals surface area contributed by atoms with Gasteiger partial charge < -0.3 is 15.2 Å². The number of ketones is 1. The van der Waals surface area contributed by atoms with Crippen molar-refractivity contribution >= 4 is 17.7 Å². The number of hydrogen-bond acceptors (Lipinski definition) is 4. The number of hydrogen-bond donors (Lipinski definition) is 2. The maximum absolute atomic E-state index is 12.2. The van der Waals surface area contributed by atoms with Gasteiger partial charge in [-0.1, -0.05) is 19.1 Å². The summed E-state index contributed by atoms with van der Waals surface area (Å²) in [5.41, 5.74) is 1.54. The number of amides is 1. The second-order valence-corrected chi connectivity index (χ2v) is 6.07. The standard InChI is InChI=1S/C21H23NO5/c1-2-13-27-18-9-7-16(8-10-18)19(23)11-12-20(24)22-14-15-3-5-17(6-4-15)21(25)26/h3-10H,2,11-14H2,1H3,(H,22,24)(H,25,26). The molecule has 27 heavy (non-hydrogen) atoms. The summed E-state index contributed by atoms with van der Waals surface area (Å²) in [6.45, 7) is 2.94. The molecule has 0 heterocycles. The third kappa shape index (κ3) is 6.58. The SMILES string of the molecule is CCCOc1ccc(C(=O)CCC(=O)NCc2ccc(C(=O)O)cc2)cc1. The number of ether oxygens (including phenoxy) is 1. The summed E-state index contributed by atoms with van der Waals surface area (Å²) in [5.74, 6) is -0.597. The van der Waals surface area contributed by atoms with Crippen LogP contribution < -0.4 is 10.1 Å². The molecule has 0 aliphatic rings. The van der Waals surface area contributed by atoms with Gasteiger partial charge in [-0.05, 0) is 48.4 Å². The number of carboxylic acid groups (broad SMARTS) is 1. The van der Waals surface area contributed by atoms with E-state index in [4.69, 9.17) is 9.84 Å². The van der Waals surface area contributed by atoms with E-state index in [1.165, 1.54) is 12.1 Å². The van der Waals surface area contributed by atoms with Crippen molar-refractivity contribution in [1.29, 1.82) is 0 Å². The fourth-order valence-electron chi connectivity index (χ4n) is 2.38. The van der Waals surface area contributed by atoms with Crippen LogP contribution in [-0.2, 0) is 11.3 Å². The minimum Gasteiger partial charge on any atom is -0.494 e. The summed E-state index contributed by atoms with van der Waals surface area (Å²) >= 11 is 0. The van der Waals surface area contributed by atoms with E-state index in [1.54, 1.807) is 36.4 Å². The zero-order chi connectivity index (χ0) is 19.6. The molecular formula is C21H23NO5. The van der Waals surface area contributed by atoms with E-state index >= 15 is 0 Å². The van der Waals surface area contributed by atoms with Crippen LogP contribution in [0.3, 0.4) is 0 Å². The smallest absolute Gasteiger partial charge is 0.335 e. The number of benzene rings is 2. The highest BCUT2D eigenvalue weighted by atomic mass is 16.5. The van der Waals surface area contributed by atoms with Crippen LogP contribution in [0.5, 0.6) is 5.75 Å². The van der Waals surface area contributed by atoms with Crippen molar-refractivity contribution in [2.75, 3.05) is 6.61 Å². The Bertz CT molecular complexity index is 781. The van der Waals surface area contributed by atoms with E-state index in [2.05, 4.69) is 5.32 Å². The normalized spacial score (nSPS) is 10.3. The van der Waals surface area contributed by atoms with Gasteiger partial charge in [0, 0.05) is 24.9 Å². The van der Waals surface area contributed by atoms with Crippen molar-refractivity contribution in [1.82, 2.24) is 5.32 Å². The summed E-state index contributed by atoms with van der Waals surface area (Å²) in [4.78, 5) is 34.9. The molecule has 0 saturated heterocycles. The third-order valence-corrected chi connectivity index (χ3v) is 3.92. The average Bonchev–Trinajstić information content (AvgIpc) is 2.69. The number of carbonyl (C=O) groups is 3. The molecule has 0 aliphatic carbocycles. The zero-order valence-electron chi connectivity index (χ0n) is 15.2. The Kier molecular flexibility index (Phi) is 7.55. The molecule has 2 rings (SSSR count). The van der Waals surface area contributed by atoms with Gasteiger partial charge in [0.1, 0.15) is 5.75 Å². The number of carbonyl (C=O) groups excluding carboxylic acids is 2. The van der Waals surface area contributed by atoms with Crippen LogP contribution in [0.15, 0.2) is 48.5 Å². The van der Waals surface area contributed by atoms with E-state index in [0.29, 0.717) is 12.2 Å². The zero-order valence-corrected chi connectivity index (χ0v) is 15.2. The Morgan fingerprint density at radius 2 is 1.56 bits per heavy atom. The number of aromatic carboxylic acids is 1. The van der Waals surface area contributed by atoms with E-state index < -0.39 is 5.97 Å².